The van der Waals surface area contributed by atoms with Crippen LogP contribution in [0, 0.1) is 5.92 Å². The molecule has 1 rings (SSSR count). The molecule has 0 saturated heterocycles. The van der Waals surface area contributed by atoms with Crippen molar-refractivity contribution in [2.24, 2.45) is 11.7 Å². The van der Waals surface area contributed by atoms with Crippen molar-refractivity contribution in [2.45, 2.75) is 33.0 Å². The molecule has 0 fully saturated rings. The molecule has 0 heterocycles. The van der Waals surface area contributed by atoms with Gasteiger partial charge in [-0.3, -0.25) is 4.79 Å². The normalized spacial score (nSPS) is 12.5. The zero-order valence-corrected chi connectivity index (χ0v) is 11.3. The number of benzene rings is 1. The maximum absolute atomic E-state index is 11.8. The summed E-state index contributed by atoms with van der Waals surface area (Å²) in [7, 11) is 1.66. The van der Waals surface area contributed by atoms with Crippen LogP contribution in [-0.2, 0) is 22.7 Å². The Hall–Kier alpha value is -1.39. The van der Waals surface area contributed by atoms with Gasteiger partial charge >= 0.3 is 0 Å². The number of nitrogens with one attached hydrogen (secondary N) is 1. The minimum absolute atomic E-state index is 0.114. The van der Waals surface area contributed by atoms with Crippen molar-refractivity contribution in [3.8, 4) is 0 Å². The number of carbonyl (C=O) groups excluding carboxylic acids is 1. The molecule has 0 aliphatic carbocycles. The number of carbonyl (C=O) groups is 1. The Balaban J connectivity index is 2.60. The second kappa shape index (κ2) is 7.13. The van der Waals surface area contributed by atoms with E-state index in [1.54, 1.807) is 7.11 Å². The van der Waals surface area contributed by atoms with Gasteiger partial charge in [-0.25, -0.2) is 0 Å². The van der Waals surface area contributed by atoms with Crippen LogP contribution in [0.3, 0.4) is 0 Å². The molecule has 0 saturated carbocycles. The summed E-state index contributed by atoms with van der Waals surface area (Å²) in [5.41, 5.74) is 7.92. The highest BCUT2D eigenvalue weighted by atomic mass is 16.5. The fourth-order valence-corrected chi connectivity index (χ4v) is 1.63. The summed E-state index contributed by atoms with van der Waals surface area (Å²) < 4.78 is 5.12. The second-order valence-electron chi connectivity index (χ2n) is 4.69. The largest absolute Gasteiger partial charge is 0.380 e. The van der Waals surface area contributed by atoms with Gasteiger partial charge in [-0.05, 0) is 17.0 Å². The Morgan fingerprint density at radius 2 is 1.94 bits per heavy atom. The minimum Gasteiger partial charge on any atom is -0.380 e. The molecule has 4 nitrogen and oxygen atoms in total. The fraction of sp³-hybridized carbons (Fsp3) is 0.500. The van der Waals surface area contributed by atoms with Crippen molar-refractivity contribution in [1.82, 2.24) is 5.32 Å². The van der Waals surface area contributed by atoms with E-state index in [0.717, 1.165) is 11.1 Å². The SMILES string of the molecule is COCc1ccccc1CNC(=O)C(N)C(C)C. The predicted molar refractivity (Wildman–Crippen MR) is 71.8 cm³/mol. The van der Waals surface area contributed by atoms with Gasteiger partial charge in [0, 0.05) is 13.7 Å². The molecule has 100 valence electrons. The summed E-state index contributed by atoms with van der Waals surface area (Å²) in [6.45, 7) is 4.90. The molecule has 1 aromatic rings. The third kappa shape index (κ3) is 4.13. The summed E-state index contributed by atoms with van der Waals surface area (Å²) in [4.78, 5) is 11.8. The highest BCUT2D eigenvalue weighted by molar-refractivity contribution is 5.81. The van der Waals surface area contributed by atoms with Crippen LogP contribution in [0.5, 0.6) is 0 Å². The maximum Gasteiger partial charge on any atom is 0.237 e. The molecule has 0 aromatic heterocycles. The van der Waals surface area contributed by atoms with E-state index in [4.69, 9.17) is 10.5 Å². The number of nitrogens with two attached hydrogens (primary N) is 1. The van der Waals surface area contributed by atoms with Crippen molar-refractivity contribution in [3.63, 3.8) is 0 Å². The van der Waals surface area contributed by atoms with Crippen LogP contribution in [0.1, 0.15) is 25.0 Å². The first-order valence-corrected chi connectivity index (χ1v) is 6.15. The summed E-state index contributed by atoms with van der Waals surface area (Å²) in [5.74, 6) is 0.0245. The van der Waals surface area contributed by atoms with Crippen LogP contribution >= 0.6 is 0 Å². The molecule has 1 aromatic carbocycles. The topological polar surface area (TPSA) is 64.3 Å². The lowest BCUT2D eigenvalue weighted by atomic mass is 10.0. The van der Waals surface area contributed by atoms with E-state index in [0.29, 0.717) is 13.2 Å². The van der Waals surface area contributed by atoms with Gasteiger partial charge in [0.25, 0.3) is 0 Å². The Morgan fingerprint density at radius 1 is 1.33 bits per heavy atom. The van der Waals surface area contributed by atoms with E-state index in [9.17, 15) is 4.79 Å². The monoisotopic (exact) mass is 250 g/mol. The first-order chi connectivity index (χ1) is 8.56. The third-order valence-electron chi connectivity index (χ3n) is 2.89. The summed E-state index contributed by atoms with van der Waals surface area (Å²) in [6.07, 6.45) is 0. The maximum atomic E-state index is 11.8. The summed E-state index contributed by atoms with van der Waals surface area (Å²) in [6, 6.07) is 7.42. The molecule has 0 spiro atoms. The summed E-state index contributed by atoms with van der Waals surface area (Å²) >= 11 is 0. The first-order valence-electron chi connectivity index (χ1n) is 6.15. The molecule has 1 amide bonds. The van der Waals surface area contributed by atoms with Crippen molar-refractivity contribution in [1.29, 1.82) is 0 Å². The van der Waals surface area contributed by atoms with Crippen molar-refractivity contribution in [2.75, 3.05) is 7.11 Å². The third-order valence-corrected chi connectivity index (χ3v) is 2.89. The number of methoxy groups -OCH3 is 1. The molecule has 1 atom stereocenters. The smallest absolute Gasteiger partial charge is 0.237 e. The van der Waals surface area contributed by atoms with Crippen LogP contribution in [0.4, 0.5) is 0 Å². The highest BCUT2D eigenvalue weighted by Crippen LogP contribution is 2.09. The highest BCUT2D eigenvalue weighted by Gasteiger charge is 2.16. The van der Waals surface area contributed by atoms with Crippen LogP contribution in [-0.4, -0.2) is 19.1 Å². The van der Waals surface area contributed by atoms with E-state index >= 15 is 0 Å². The van der Waals surface area contributed by atoms with E-state index in [1.165, 1.54) is 0 Å². The zero-order valence-electron chi connectivity index (χ0n) is 11.3. The lowest BCUT2D eigenvalue weighted by Crippen LogP contribution is -2.43. The minimum atomic E-state index is -0.459. The average Bonchev–Trinajstić information content (AvgIpc) is 2.36. The van der Waals surface area contributed by atoms with Gasteiger partial charge in [-0.2, -0.15) is 0 Å². The molecule has 0 radical (unpaired) electrons. The molecule has 4 heteroatoms. The molecule has 3 N–H and O–H groups in total. The van der Waals surface area contributed by atoms with Gasteiger partial charge in [-0.15, -0.1) is 0 Å². The number of amides is 1. The van der Waals surface area contributed by atoms with Gasteiger partial charge in [0.15, 0.2) is 0 Å². The Labute approximate surface area is 109 Å². The van der Waals surface area contributed by atoms with Crippen LogP contribution < -0.4 is 11.1 Å². The predicted octanol–water partition coefficient (Wildman–Crippen LogP) is 1.43. The number of rotatable bonds is 6. The number of hydrogen-bond donors (Lipinski definition) is 2. The quantitative estimate of drug-likeness (QED) is 0.803. The number of hydrogen-bond acceptors (Lipinski definition) is 3. The molecule has 1 unspecified atom stereocenters. The summed E-state index contributed by atoms with van der Waals surface area (Å²) in [5, 5.41) is 2.86. The lowest BCUT2D eigenvalue weighted by Gasteiger charge is -2.16. The Morgan fingerprint density at radius 3 is 2.50 bits per heavy atom. The van der Waals surface area contributed by atoms with Gasteiger partial charge in [0.1, 0.15) is 0 Å². The van der Waals surface area contributed by atoms with E-state index < -0.39 is 6.04 Å². The Bertz CT molecular complexity index is 391. The molecule has 18 heavy (non-hydrogen) atoms. The second-order valence-corrected chi connectivity index (χ2v) is 4.69. The van der Waals surface area contributed by atoms with Crippen molar-refractivity contribution < 1.29 is 9.53 Å². The number of ether oxygens (including phenoxy) is 1. The molecular formula is C14H22N2O2. The van der Waals surface area contributed by atoms with E-state index in [2.05, 4.69) is 5.32 Å². The Kier molecular flexibility index (Phi) is 5.82. The molecule has 0 aliphatic heterocycles. The standard InChI is InChI=1S/C14H22N2O2/c1-10(2)13(15)14(17)16-8-11-6-4-5-7-12(11)9-18-3/h4-7,10,13H,8-9,15H2,1-3H3,(H,16,17). The average molecular weight is 250 g/mol. The van der Waals surface area contributed by atoms with Crippen LogP contribution in [0.25, 0.3) is 0 Å². The zero-order chi connectivity index (χ0) is 13.5. The van der Waals surface area contributed by atoms with Gasteiger partial charge in [0.05, 0.1) is 12.6 Å². The molecule has 0 aliphatic rings. The van der Waals surface area contributed by atoms with E-state index in [-0.39, 0.29) is 11.8 Å². The molecular weight excluding hydrogens is 228 g/mol. The van der Waals surface area contributed by atoms with Gasteiger partial charge < -0.3 is 15.8 Å². The first kappa shape index (κ1) is 14.7. The van der Waals surface area contributed by atoms with Gasteiger partial charge in [-0.1, -0.05) is 38.1 Å². The molecule has 0 bridgehead atoms. The van der Waals surface area contributed by atoms with Crippen molar-refractivity contribution >= 4 is 5.91 Å². The van der Waals surface area contributed by atoms with E-state index in [1.807, 2.05) is 38.1 Å². The van der Waals surface area contributed by atoms with Crippen LogP contribution in [0.2, 0.25) is 0 Å². The van der Waals surface area contributed by atoms with Crippen molar-refractivity contribution in [3.05, 3.63) is 35.4 Å². The van der Waals surface area contributed by atoms with Crippen LogP contribution in [0.15, 0.2) is 24.3 Å². The fourth-order valence-electron chi connectivity index (χ4n) is 1.63. The van der Waals surface area contributed by atoms with Gasteiger partial charge in [0.2, 0.25) is 5.91 Å². The lowest BCUT2D eigenvalue weighted by molar-refractivity contribution is -0.123.